The van der Waals surface area contributed by atoms with Crippen molar-refractivity contribution < 1.29 is 23.7 Å². The number of nitrogen functional groups attached to an aromatic ring is 2. The highest BCUT2D eigenvalue weighted by Crippen LogP contribution is 2.33. The Bertz CT molecular complexity index is 1720. The molecule has 0 fully saturated rings. The molecule has 0 aliphatic heterocycles. The summed E-state index contributed by atoms with van der Waals surface area (Å²) in [6.07, 6.45) is 3.41. The summed E-state index contributed by atoms with van der Waals surface area (Å²) in [7, 11) is 3.10. The molecule has 2 heterocycles. The molecule has 11 nitrogen and oxygen atoms in total. The second-order valence-corrected chi connectivity index (χ2v) is 8.98. The summed E-state index contributed by atoms with van der Waals surface area (Å²) in [6, 6.07) is 8.96. The van der Waals surface area contributed by atoms with E-state index in [1.54, 1.807) is 39.5 Å². The molecular weight excluding hydrogens is 526 g/mol. The molecule has 2 aromatic heterocycles. The van der Waals surface area contributed by atoms with Crippen LogP contribution >= 0.6 is 0 Å². The van der Waals surface area contributed by atoms with Gasteiger partial charge in [0.1, 0.15) is 5.82 Å². The van der Waals surface area contributed by atoms with Crippen LogP contribution in [0, 0.1) is 11.8 Å². The SMILES string of the molecule is CCCn1cc(OC(=O)OCC)c(=O)c2ccc(C#Cc3cc(Cc4cnc(N)nc4N)cc(OC)c3OC)cc21. The van der Waals surface area contributed by atoms with E-state index in [-0.39, 0.29) is 18.3 Å². The number of aromatic nitrogens is 3. The number of methoxy groups -OCH3 is 2. The molecule has 0 unspecified atom stereocenters. The van der Waals surface area contributed by atoms with Crippen molar-refractivity contribution in [1.29, 1.82) is 0 Å². The fourth-order valence-corrected chi connectivity index (χ4v) is 4.32. The van der Waals surface area contributed by atoms with Crippen LogP contribution in [0.2, 0.25) is 0 Å². The van der Waals surface area contributed by atoms with Gasteiger partial charge < -0.3 is 35.0 Å². The molecule has 0 atom stereocenters. The van der Waals surface area contributed by atoms with E-state index < -0.39 is 11.6 Å². The summed E-state index contributed by atoms with van der Waals surface area (Å²) >= 11 is 0. The molecule has 2 aromatic carbocycles. The van der Waals surface area contributed by atoms with Crippen molar-refractivity contribution >= 4 is 28.8 Å². The summed E-state index contributed by atoms with van der Waals surface area (Å²) in [6.45, 7) is 4.40. The van der Waals surface area contributed by atoms with Crippen LogP contribution in [0.25, 0.3) is 10.9 Å². The van der Waals surface area contributed by atoms with E-state index in [1.807, 2.05) is 29.7 Å². The number of carbonyl (C=O) groups excluding carboxylic acids is 1. The number of hydrogen-bond acceptors (Lipinski definition) is 10. The first kappa shape index (κ1) is 28.8. The van der Waals surface area contributed by atoms with E-state index in [4.69, 9.17) is 30.4 Å². The van der Waals surface area contributed by atoms with Crippen molar-refractivity contribution in [2.75, 3.05) is 32.3 Å². The van der Waals surface area contributed by atoms with Gasteiger partial charge in [0.05, 0.1) is 38.1 Å². The summed E-state index contributed by atoms with van der Waals surface area (Å²) < 4.78 is 23.0. The molecule has 212 valence electrons. The number of carbonyl (C=O) groups is 1. The van der Waals surface area contributed by atoms with Crippen LogP contribution in [0.4, 0.5) is 16.6 Å². The predicted molar refractivity (Wildman–Crippen MR) is 155 cm³/mol. The number of nitrogens with zero attached hydrogens (tertiary/aromatic N) is 3. The van der Waals surface area contributed by atoms with Gasteiger partial charge in [0.2, 0.25) is 11.4 Å². The van der Waals surface area contributed by atoms with Crippen molar-refractivity contribution in [3.05, 3.63) is 75.2 Å². The highest BCUT2D eigenvalue weighted by Gasteiger charge is 2.16. The number of ether oxygens (including phenoxy) is 4. The van der Waals surface area contributed by atoms with E-state index in [9.17, 15) is 9.59 Å². The Morgan fingerprint density at radius 2 is 1.85 bits per heavy atom. The summed E-state index contributed by atoms with van der Waals surface area (Å²) in [5, 5.41) is 0.398. The smallest absolute Gasteiger partial charge is 0.493 e. The van der Waals surface area contributed by atoms with Crippen LogP contribution in [-0.2, 0) is 17.7 Å². The molecule has 0 bridgehead atoms. The van der Waals surface area contributed by atoms with Gasteiger partial charge in [0.15, 0.2) is 17.2 Å². The lowest BCUT2D eigenvalue weighted by Crippen LogP contribution is -2.18. The standard InChI is InChI=1S/C30H31N5O6/c1-5-11-35-17-25(41-30(37)40-6-2)26(36)22-10-8-18(14-23(22)35)7-9-20-12-19(15-24(38-3)27(20)39-4)13-21-16-33-29(32)34-28(21)31/h8,10,12,14-17H,5-6,11,13H2,1-4H3,(H4,31,32,33,34). The van der Waals surface area contributed by atoms with Crippen LogP contribution in [-0.4, -0.2) is 41.5 Å². The molecule has 0 aliphatic carbocycles. The average molecular weight is 558 g/mol. The van der Waals surface area contributed by atoms with E-state index in [1.165, 1.54) is 6.20 Å². The molecule has 0 radical (unpaired) electrons. The fraction of sp³-hybridized carbons (Fsp3) is 0.267. The maximum Gasteiger partial charge on any atom is 0.514 e. The predicted octanol–water partition coefficient (Wildman–Crippen LogP) is 3.91. The highest BCUT2D eigenvalue weighted by atomic mass is 16.7. The number of aryl methyl sites for hydroxylation is 1. The second-order valence-electron chi connectivity index (χ2n) is 8.98. The second kappa shape index (κ2) is 12.7. The van der Waals surface area contributed by atoms with Gasteiger partial charge in [0.25, 0.3) is 0 Å². The largest absolute Gasteiger partial charge is 0.514 e. The molecule has 4 N–H and O–H groups in total. The molecule has 4 aromatic rings. The quantitative estimate of drug-likeness (QED) is 0.241. The first-order valence-electron chi connectivity index (χ1n) is 12.9. The zero-order valence-electron chi connectivity index (χ0n) is 23.3. The maximum absolute atomic E-state index is 13.1. The van der Waals surface area contributed by atoms with Gasteiger partial charge in [-0.1, -0.05) is 18.8 Å². The molecule has 0 amide bonds. The minimum absolute atomic E-state index is 0.0935. The van der Waals surface area contributed by atoms with E-state index in [0.717, 1.165) is 12.0 Å². The molecule has 4 rings (SSSR count). The van der Waals surface area contributed by atoms with Crippen molar-refractivity contribution in [2.45, 2.75) is 33.2 Å². The third-order valence-corrected chi connectivity index (χ3v) is 6.16. The van der Waals surface area contributed by atoms with Gasteiger partial charge in [-0.05, 0) is 49.2 Å². The lowest BCUT2D eigenvalue weighted by atomic mass is 10.0. The van der Waals surface area contributed by atoms with Gasteiger partial charge >= 0.3 is 6.16 Å². The van der Waals surface area contributed by atoms with Crippen LogP contribution in [0.5, 0.6) is 17.2 Å². The van der Waals surface area contributed by atoms with E-state index in [2.05, 4.69) is 21.8 Å². The number of fused-ring (bicyclic) bond motifs is 1. The third kappa shape index (κ3) is 6.50. The minimum Gasteiger partial charge on any atom is -0.493 e. The van der Waals surface area contributed by atoms with Gasteiger partial charge in [-0.3, -0.25) is 4.79 Å². The van der Waals surface area contributed by atoms with Gasteiger partial charge in [-0.25, -0.2) is 9.78 Å². The van der Waals surface area contributed by atoms with Gasteiger partial charge in [0, 0.05) is 35.7 Å². The lowest BCUT2D eigenvalue weighted by molar-refractivity contribution is 0.104. The Morgan fingerprint density at radius 3 is 2.54 bits per heavy atom. The molecule has 11 heteroatoms. The number of benzene rings is 2. The summed E-state index contributed by atoms with van der Waals surface area (Å²) in [4.78, 5) is 33.0. The topological polar surface area (TPSA) is 154 Å². The molecule has 0 saturated carbocycles. The first-order chi connectivity index (χ1) is 19.8. The molecular formula is C30H31N5O6. The number of anilines is 2. The number of nitrogens with two attached hydrogens (primary N) is 2. The van der Waals surface area contributed by atoms with Crippen LogP contribution < -0.4 is 31.1 Å². The average Bonchev–Trinajstić information content (AvgIpc) is 2.95. The Morgan fingerprint density at radius 1 is 1.05 bits per heavy atom. The molecule has 0 spiro atoms. The Balaban J connectivity index is 1.75. The number of hydrogen-bond donors (Lipinski definition) is 2. The van der Waals surface area contributed by atoms with Crippen molar-refractivity contribution in [3.8, 4) is 29.1 Å². The third-order valence-electron chi connectivity index (χ3n) is 6.16. The number of pyridine rings is 1. The monoisotopic (exact) mass is 557 g/mol. The number of rotatable bonds is 8. The summed E-state index contributed by atoms with van der Waals surface area (Å²) in [5.74, 6) is 7.64. The lowest BCUT2D eigenvalue weighted by Gasteiger charge is -2.13. The van der Waals surface area contributed by atoms with E-state index in [0.29, 0.717) is 57.9 Å². The Kier molecular flexibility index (Phi) is 8.94. The minimum atomic E-state index is -0.923. The van der Waals surface area contributed by atoms with Crippen molar-refractivity contribution in [3.63, 3.8) is 0 Å². The Labute approximate surface area is 237 Å². The zero-order valence-corrected chi connectivity index (χ0v) is 23.3. The van der Waals surface area contributed by atoms with Crippen LogP contribution in [0.15, 0.2) is 47.5 Å². The summed E-state index contributed by atoms with van der Waals surface area (Å²) in [5.41, 5.74) is 14.7. The van der Waals surface area contributed by atoms with Gasteiger partial charge in [-0.15, -0.1) is 0 Å². The van der Waals surface area contributed by atoms with Crippen molar-refractivity contribution in [1.82, 2.24) is 14.5 Å². The molecule has 41 heavy (non-hydrogen) atoms. The molecule has 0 aliphatic rings. The first-order valence-corrected chi connectivity index (χ1v) is 12.9. The molecule has 0 saturated heterocycles. The highest BCUT2D eigenvalue weighted by molar-refractivity contribution is 5.82. The van der Waals surface area contributed by atoms with Gasteiger partial charge in [-0.2, -0.15) is 4.98 Å². The van der Waals surface area contributed by atoms with Crippen molar-refractivity contribution in [2.24, 2.45) is 0 Å². The zero-order chi connectivity index (χ0) is 29.5. The Hall–Kier alpha value is -5.24. The van der Waals surface area contributed by atoms with Crippen LogP contribution in [0.1, 0.15) is 42.5 Å². The fourth-order valence-electron chi connectivity index (χ4n) is 4.32. The maximum atomic E-state index is 13.1. The van der Waals surface area contributed by atoms with Crippen LogP contribution in [0.3, 0.4) is 0 Å². The van der Waals surface area contributed by atoms with E-state index >= 15 is 0 Å². The normalized spacial score (nSPS) is 10.5.